The number of rotatable bonds is 3. The first-order valence-electron chi connectivity index (χ1n) is 8.74. The Balaban J connectivity index is 1.65. The quantitative estimate of drug-likeness (QED) is 0.814. The first-order valence-corrected chi connectivity index (χ1v) is 9.11. The van der Waals surface area contributed by atoms with Gasteiger partial charge in [-0.25, -0.2) is 4.79 Å². The third kappa shape index (κ3) is 3.37. The summed E-state index contributed by atoms with van der Waals surface area (Å²) in [5.41, 5.74) is 3.20. The van der Waals surface area contributed by atoms with Crippen molar-refractivity contribution < 1.29 is 14.3 Å². The Morgan fingerprint density at radius 1 is 1.23 bits per heavy atom. The number of cyclic esters (lactones) is 1. The lowest BCUT2D eigenvalue weighted by molar-refractivity contribution is 0.177. The van der Waals surface area contributed by atoms with E-state index < -0.39 is 0 Å². The van der Waals surface area contributed by atoms with Crippen LogP contribution < -0.4 is 9.64 Å². The summed E-state index contributed by atoms with van der Waals surface area (Å²) in [5.74, 6) is 0.792. The lowest BCUT2D eigenvalue weighted by atomic mass is 10.0. The minimum Gasteiger partial charge on any atom is -0.497 e. The van der Waals surface area contributed by atoms with E-state index in [2.05, 4.69) is 17.0 Å². The molecule has 136 valence electrons. The second-order valence-corrected chi connectivity index (χ2v) is 7.16. The van der Waals surface area contributed by atoms with Gasteiger partial charge in [-0.15, -0.1) is 0 Å². The Morgan fingerprint density at radius 2 is 2.04 bits per heavy atom. The van der Waals surface area contributed by atoms with Gasteiger partial charge >= 0.3 is 6.09 Å². The van der Waals surface area contributed by atoms with Crippen molar-refractivity contribution in [3.63, 3.8) is 0 Å². The van der Waals surface area contributed by atoms with Crippen LogP contribution in [0.15, 0.2) is 42.5 Å². The highest BCUT2D eigenvalue weighted by molar-refractivity contribution is 6.30. The largest absolute Gasteiger partial charge is 0.497 e. The Bertz CT molecular complexity index is 809. The van der Waals surface area contributed by atoms with E-state index >= 15 is 0 Å². The maximum atomic E-state index is 12.2. The zero-order valence-corrected chi connectivity index (χ0v) is 15.4. The molecule has 2 aliphatic rings. The zero-order chi connectivity index (χ0) is 18.1. The molecule has 0 aromatic heterocycles. The van der Waals surface area contributed by atoms with Gasteiger partial charge in [0.1, 0.15) is 12.4 Å². The maximum absolute atomic E-state index is 12.2. The smallest absolute Gasteiger partial charge is 0.414 e. The number of benzene rings is 2. The summed E-state index contributed by atoms with van der Waals surface area (Å²) < 4.78 is 10.7. The first kappa shape index (κ1) is 17.2. The second-order valence-electron chi connectivity index (χ2n) is 6.72. The zero-order valence-electron chi connectivity index (χ0n) is 14.7. The fraction of sp³-hybridized carbons (Fsp3) is 0.350. The van der Waals surface area contributed by atoms with Crippen LogP contribution >= 0.6 is 11.6 Å². The molecule has 0 saturated carbocycles. The minimum atomic E-state index is -0.257. The highest BCUT2D eigenvalue weighted by atomic mass is 35.5. The fourth-order valence-electron chi connectivity index (χ4n) is 3.65. The van der Waals surface area contributed by atoms with Gasteiger partial charge in [-0.2, -0.15) is 0 Å². The van der Waals surface area contributed by atoms with E-state index in [1.807, 2.05) is 30.3 Å². The molecule has 0 spiro atoms. The van der Waals surface area contributed by atoms with Gasteiger partial charge in [0.25, 0.3) is 0 Å². The molecule has 0 unspecified atom stereocenters. The van der Waals surface area contributed by atoms with Crippen LogP contribution in [0.1, 0.15) is 17.5 Å². The van der Waals surface area contributed by atoms with E-state index in [1.54, 1.807) is 12.0 Å². The van der Waals surface area contributed by atoms with Gasteiger partial charge in [0, 0.05) is 24.7 Å². The summed E-state index contributed by atoms with van der Waals surface area (Å²) in [4.78, 5) is 16.4. The average molecular weight is 373 g/mol. The molecule has 2 aromatic rings. The van der Waals surface area contributed by atoms with Gasteiger partial charge in [0.05, 0.1) is 18.8 Å². The Kier molecular flexibility index (Phi) is 4.74. The van der Waals surface area contributed by atoms with Crippen molar-refractivity contribution in [2.75, 3.05) is 25.2 Å². The topological polar surface area (TPSA) is 42.0 Å². The summed E-state index contributed by atoms with van der Waals surface area (Å²) in [6.07, 6.45) is 0.623. The lowest BCUT2D eigenvalue weighted by Gasteiger charge is -2.32. The molecule has 1 amide bonds. The predicted octanol–water partition coefficient (Wildman–Crippen LogP) is 4.08. The summed E-state index contributed by atoms with van der Waals surface area (Å²) in [6, 6.07) is 13.9. The molecule has 0 N–H and O–H groups in total. The highest BCUT2D eigenvalue weighted by Gasteiger charge is 2.37. The summed E-state index contributed by atoms with van der Waals surface area (Å²) in [7, 11) is 1.66. The predicted molar refractivity (Wildman–Crippen MR) is 101 cm³/mol. The van der Waals surface area contributed by atoms with Crippen LogP contribution in [-0.4, -0.2) is 37.3 Å². The first-order chi connectivity index (χ1) is 12.6. The van der Waals surface area contributed by atoms with Crippen molar-refractivity contribution >= 4 is 23.4 Å². The number of hydrogen-bond donors (Lipinski definition) is 0. The third-order valence-electron chi connectivity index (χ3n) is 5.00. The molecule has 4 rings (SSSR count). The number of carbonyl (C=O) groups is 1. The van der Waals surface area contributed by atoms with Crippen molar-refractivity contribution in [2.24, 2.45) is 0 Å². The number of fused-ring (bicyclic) bond motifs is 3. The molecule has 0 aliphatic carbocycles. The number of ether oxygens (including phenoxy) is 2. The van der Waals surface area contributed by atoms with E-state index in [4.69, 9.17) is 21.1 Å². The van der Waals surface area contributed by atoms with E-state index in [0.717, 1.165) is 48.1 Å². The molecule has 5 nitrogen and oxygen atoms in total. The van der Waals surface area contributed by atoms with Crippen molar-refractivity contribution in [3.05, 3.63) is 58.6 Å². The minimum absolute atomic E-state index is 0.0719. The summed E-state index contributed by atoms with van der Waals surface area (Å²) in [5, 5.41) is 0.744. The molecular formula is C20H21ClN2O3. The molecule has 2 heterocycles. The van der Waals surface area contributed by atoms with Gasteiger partial charge in [-0.05, 0) is 47.9 Å². The Morgan fingerprint density at radius 3 is 2.81 bits per heavy atom. The van der Waals surface area contributed by atoms with Crippen LogP contribution in [0.5, 0.6) is 5.75 Å². The van der Waals surface area contributed by atoms with Gasteiger partial charge in [-0.1, -0.05) is 23.7 Å². The van der Waals surface area contributed by atoms with Gasteiger partial charge < -0.3 is 9.47 Å². The van der Waals surface area contributed by atoms with Crippen LogP contribution in [0.4, 0.5) is 10.5 Å². The molecule has 1 saturated heterocycles. The fourth-order valence-corrected chi connectivity index (χ4v) is 3.78. The van der Waals surface area contributed by atoms with E-state index in [-0.39, 0.29) is 12.1 Å². The monoisotopic (exact) mass is 372 g/mol. The van der Waals surface area contributed by atoms with Crippen molar-refractivity contribution in [1.82, 2.24) is 4.90 Å². The molecule has 6 heteroatoms. The van der Waals surface area contributed by atoms with Crippen LogP contribution in [0, 0.1) is 0 Å². The molecule has 0 bridgehead atoms. The van der Waals surface area contributed by atoms with Gasteiger partial charge in [-0.3, -0.25) is 9.80 Å². The number of carbonyl (C=O) groups excluding carboxylic acids is 1. The Hall–Kier alpha value is -2.24. The molecule has 0 radical (unpaired) electrons. The molecular weight excluding hydrogens is 352 g/mol. The summed E-state index contributed by atoms with van der Waals surface area (Å²) >= 11 is 6.00. The lowest BCUT2D eigenvalue weighted by Crippen LogP contribution is -2.40. The highest BCUT2D eigenvalue weighted by Crippen LogP contribution is 2.34. The van der Waals surface area contributed by atoms with Crippen molar-refractivity contribution in [1.29, 1.82) is 0 Å². The van der Waals surface area contributed by atoms with E-state index in [1.165, 1.54) is 5.56 Å². The number of amides is 1. The SMILES string of the molecule is COc1ccc2c(c1)CN(Cc1ccc(Cl)cc1)CC[C@H]1COC(=O)N21. The van der Waals surface area contributed by atoms with Crippen LogP contribution in [0.2, 0.25) is 5.02 Å². The van der Waals surface area contributed by atoms with E-state index in [9.17, 15) is 4.79 Å². The van der Waals surface area contributed by atoms with Gasteiger partial charge in [0.2, 0.25) is 0 Å². The normalized spacial score (nSPS) is 20.0. The molecule has 1 fully saturated rings. The maximum Gasteiger partial charge on any atom is 0.414 e. The van der Waals surface area contributed by atoms with Gasteiger partial charge in [0.15, 0.2) is 0 Å². The third-order valence-corrected chi connectivity index (χ3v) is 5.25. The average Bonchev–Trinajstić information content (AvgIpc) is 3.00. The van der Waals surface area contributed by atoms with Crippen LogP contribution in [0.3, 0.4) is 0 Å². The second kappa shape index (κ2) is 7.17. The molecule has 26 heavy (non-hydrogen) atoms. The molecule has 2 aliphatic heterocycles. The van der Waals surface area contributed by atoms with Crippen molar-refractivity contribution in [3.8, 4) is 5.75 Å². The number of anilines is 1. The molecule has 2 aromatic carbocycles. The van der Waals surface area contributed by atoms with E-state index in [0.29, 0.717) is 6.61 Å². The molecule has 1 atom stereocenters. The van der Waals surface area contributed by atoms with Crippen LogP contribution in [0.25, 0.3) is 0 Å². The number of methoxy groups -OCH3 is 1. The number of hydrogen-bond acceptors (Lipinski definition) is 4. The number of halogens is 1. The Labute approximate surface area is 158 Å². The van der Waals surface area contributed by atoms with Crippen molar-refractivity contribution in [2.45, 2.75) is 25.6 Å². The summed E-state index contributed by atoms with van der Waals surface area (Å²) in [6.45, 7) is 2.90. The standard InChI is InChI=1S/C20H21ClN2O3/c1-25-18-6-7-19-15(10-18)12-22(11-14-2-4-16(21)5-3-14)9-8-17-13-26-20(24)23(17)19/h2-7,10,17H,8-9,11-13H2,1H3/t17-/m0/s1. The van der Waals surface area contributed by atoms with Crippen LogP contribution in [-0.2, 0) is 17.8 Å². The number of nitrogens with zero attached hydrogens (tertiary/aromatic N) is 2.